The van der Waals surface area contributed by atoms with Crippen LogP contribution in [0.5, 0.6) is 0 Å². The van der Waals surface area contributed by atoms with Gasteiger partial charge in [-0.05, 0) is 55.3 Å². The largest absolute Gasteiger partial charge is 0.292 e. The van der Waals surface area contributed by atoms with Crippen LogP contribution in [0.1, 0.15) is 52.5 Å². The molecule has 8 heteroatoms. The van der Waals surface area contributed by atoms with Gasteiger partial charge in [0.15, 0.2) is 5.78 Å². The molecule has 0 amide bonds. The lowest BCUT2D eigenvalue weighted by atomic mass is 9.90. The Morgan fingerprint density at radius 1 is 1.11 bits per heavy atom. The second kappa shape index (κ2) is 9.78. The number of nitrogens with zero attached hydrogens (tertiary/aromatic N) is 6. The standard InChI is InChI=1S/C29H23FN6O/c1-29(2,16-31)26-7-3-6-22(36-26)25(37)15-19-13-18(8-9-21(19)30)14-24-20(5-4-11-32-24)27-28-23(10-12-33-28)34-17-35-27/h3-9,11-13,17H,10,14-15H2,1-2H3. The van der Waals surface area contributed by atoms with E-state index in [1.807, 2.05) is 18.3 Å². The van der Waals surface area contributed by atoms with Gasteiger partial charge >= 0.3 is 0 Å². The van der Waals surface area contributed by atoms with Crippen molar-refractivity contribution < 1.29 is 9.18 Å². The molecule has 5 rings (SSSR count). The number of ketones is 1. The maximum Gasteiger partial charge on any atom is 0.185 e. The zero-order valence-electron chi connectivity index (χ0n) is 20.4. The predicted molar refractivity (Wildman–Crippen MR) is 137 cm³/mol. The number of hydrogen-bond acceptors (Lipinski definition) is 7. The molecule has 0 N–H and O–H groups in total. The molecule has 0 bridgehead atoms. The van der Waals surface area contributed by atoms with E-state index in [0.717, 1.165) is 28.2 Å². The summed E-state index contributed by atoms with van der Waals surface area (Å²) in [5.74, 6) is -0.783. The van der Waals surface area contributed by atoms with Gasteiger partial charge in [0.25, 0.3) is 0 Å². The minimum atomic E-state index is -0.836. The molecule has 4 heterocycles. The molecule has 0 fully saturated rings. The highest BCUT2D eigenvalue weighted by molar-refractivity contribution is 5.95. The highest BCUT2D eigenvalue weighted by Crippen LogP contribution is 2.34. The molecule has 4 aromatic rings. The minimum Gasteiger partial charge on any atom is -0.292 e. The van der Waals surface area contributed by atoms with E-state index in [0.29, 0.717) is 24.2 Å². The fourth-order valence-corrected chi connectivity index (χ4v) is 4.24. The summed E-state index contributed by atoms with van der Waals surface area (Å²) in [6.07, 6.45) is 5.99. The number of benzene rings is 1. The smallest absolute Gasteiger partial charge is 0.185 e. The first-order valence-electron chi connectivity index (χ1n) is 11.9. The highest BCUT2D eigenvalue weighted by atomic mass is 19.1. The average Bonchev–Trinajstić information content (AvgIpc) is 3.40. The monoisotopic (exact) mass is 490 g/mol. The second-order valence-electron chi connectivity index (χ2n) is 9.38. The summed E-state index contributed by atoms with van der Waals surface area (Å²) in [7, 11) is 0. The van der Waals surface area contributed by atoms with Crippen molar-refractivity contribution in [2.24, 2.45) is 4.99 Å². The van der Waals surface area contributed by atoms with E-state index in [1.54, 1.807) is 50.4 Å². The Morgan fingerprint density at radius 2 is 1.97 bits per heavy atom. The fourth-order valence-electron chi connectivity index (χ4n) is 4.24. The molecule has 0 atom stereocenters. The van der Waals surface area contributed by atoms with Crippen LogP contribution in [0.25, 0.3) is 11.3 Å². The molecule has 3 aromatic heterocycles. The van der Waals surface area contributed by atoms with Gasteiger partial charge in [0.1, 0.15) is 29.2 Å². The van der Waals surface area contributed by atoms with E-state index in [4.69, 9.17) is 0 Å². The van der Waals surface area contributed by atoms with Crippen LogP contribution in [-0.4, -0.2) is 31.9 Å². The van der Waals surface area contributed by atoms with Gasteiger partial charge in [-0.3, -0.25) is 14.8 Å². The van der Waals surface area contributed by atoms with Crippen molar-refractivity contribution >= 4 is 17.7 Å². The maximum atomic E-state index is 14.7. The van der Waals surface area contributed by atoms with Gasteiger partial charge in [-0.1, -0.05) is 18.2 Å². The van der Waals surface area contributed by atoms with Gasteiger partial charge in [0, 0.05) is 37.2 Å². The molecule has 37 heavy (non-hydrogen) atoms. The van der Waals surface area contributed by atoms with Crippen molar-refractivity contribution in [3.63, 3.8) is 0 Å². The Bertz CT molecular complexity index is 1590. The highest BCUT2D eigenvalue weighted by Gasteiger charge is 2.23. The molecule has 0 saturated carbocycles. The van der Waals surface area contributed by atoms with Crippen LogP contribution in [0.2, 0.25) is 0 Å². The van der Waals surface area contributed by atoms with E-state index in [-0.39, 0.29) is 23.5 Å². The van der Waals surface area contributed by atoms with Crippen LogP contribution in [0.4, 0.5) is 10.1 Å². The van der Waals surface area contributed by atoms with E-state index in [2.05, 4.69) is 31.0 Å². The molecule has 1 aliphatic rings. The first-order valence-corrected chi connectivity index (χ1v) is 11.9. The van der Waals surface area contributed by atoms with Crippen molar-refractivity contribution in [2.75, 3.05) is 0 Å². The number of rotatable bonds is 7. The Hall–Kier alpha value is -4.64. The number of halogens is 1. The second-order valence-corrected chi connectivity index (χ2v) is 9.38. The number of aromatic nitrogens is 4. The summed E-state index contributed by atoms with van der Waals surface area (Å²) in [5.41, 5.74) is 4.89. The van der Waals surface area contributed by atoms with Crippen LogP contribution in [0.3, 0.4) is 0 Å². The third-order valence-electron chi connectivity index (χ3n) is 6.34. The third kappa shape index (κ3) is 4.89. The Balaban J connectivity index is 1.42. The molecule has 0 saturated heterocycles. The van der Waals surface area contributed by atoms with Crippen LogP contribution >= 0.6 is 0 Å². The average molecular weight is 491 g/mol. The van der Waals surface area contributed by atoms with Crippen LogP contribution < -0.4 is 0 Å². The van der Waals surface area contributed by atoms with Crippen molar-refractivity contribution in [1.82, 2.24) is 19.9 Å². The first-order chi connectivity index (χ1) is 17.9. The van der Waals surface area contributed by atoms with E-state index >= 15 is 0 Å². The summed E-state index contributed by atoms with van der Waals surface area (Å²) < 4.78 is 14.7. The lowest BCUT2D eigenvalue weighted by Gasteiger charge is -2.15. The maximum absolute atomic E-state index is 14.7. The number of nitriles is 1. The Kier molecular flexibility index (Phi) is 6.36. The van der Waals surface area contributed by atoms with E-state index < -0.39 is 11.2 Å². The van der Waals surface area contributed by atoms with E-state index in [9.17, 15) is 14.4 Å². The molecule has 1 aliphatic heterocycles. The number of carbonyl (C=O) groups excluding carboxylic acids is 1. The number of aliphatic imine (C=N–C) groups is 1. The number of fused-ring (bicyclic) bond motifs is 1. The predicted octanol–water partition coefficient (Wildman–Crippen LogP) is 5.15. The van der Waals surface area contributed by atoms with Gasteiger partial charge in [-0.2, -0.15) is 5.26 Å². The summed E-state index contributed by atoms with van der Waals surface area (Å²) in [6.45, 7) is 3.47. The zero-order valence-corrected chi connectivity index (χ0v) is 20.4. The Labute approximate surface area is 213 Å². The zero-order chi connectivity index (χ0) is 26.0. The first kappa shape index (κ1) is 24.1. The molecule has 0 spiro atoms. The van der Waals surface area contributed by atoms with Gasteiger partial charge in [-0.25, -0.2) is 19.3 Å². The molecular formula is C29H23FN6O. The van der Waals surface area contributed by atoms with Crippen molar-refractivity contribution in [2.45, 2.75) is 38.5 Å². The SMILES string of the molecule is CC(C)(C#N)c1cccc(C(=O)Cc2cc(Cc3ncccc3-c3ncnc4c3N=CC4)ccc2F)n1. The molecule has 182 valence electrons. The van der Waals surface area contributed by atoms with Gasteiger partial charge in [-0.15, -0.1) is 0 Å². The van der Waals surface area contributed by atoms with Crippen molar-refractivity contribution in [3.05, 3.63) is 101 Å². The number of Topliss-reactive ketones (excluding diaryl/α,β-unsaturated/α-hetero) is 1. The summed E-state index contributed by atoms with van der Waals surface area (Å²) in [6, 6.07) is 15.7. The summed E-state index contributed by atoms with van der Waals surface area (Å²) in [5, 5.41) is 9.39. The van der Waals surface area contributed by atoms with Gasteiger partial charge < -0.3 is 0 Å². The summed E-state index contributed by atoms with van der Waals surface area (Å²) >= 11 is 0. The fraction of sp³-hybridized carbons (Fsp3) is 0.207. The number of pyridine rings is 2. The van der Waals surface area contributed by atoms with Crippen molar-refractivity contribution in [1.29, 1.82) is 5.26 Å². The van der Waals surface area contributed by atoms with Gasteiger partial charge in [0.2, 0.25) is 0 Å². The van der Waals surface area contributed by atoms with Crippen LogP contribution in [-0.2, 0) is 24.7 Å². The van der Waals surface area contributed by atoms with E-state index in [1.165, 1.54) is 12.4 Å². The molecule has 7 nitrogen and oxygen atoms in total. The number of carbonyl (C=O) groups is 1. The molecule has 0 unspecified atom stereocenters. The molecular weight excluding hydrogens is 467 g/mol. The van der Waals surface area contributed by atoms with Gasteiger partial charge in [0.05, 0.1) is 28.6 Å². The normalized spacial score (nSPS) is 12.3. The summed E-state index contributed by atoms with van der Waals surface area (Å²) in [4.78, 5) is 35.2. The lowest BCUT2D eigenvalue weighted by Crippen LogP contribution is -2.18. The topological polar surface area (TPSA) is 105 Å². The number of hydrogen-bond donors (Lipinski definition) is 0. The third-order valence-corrected chi connectivity index (χ3v) is 6.34. The molecule has 1 aromatic carbocycles. The molecule has 0 aliphatic carbocycles. The van der Waals surface area contributed by atoms with Crippen LogP contribution in [0.15, 0.2) is 66.0 Å². The van der Waals surface area contributed by atoms with Crippen molar-refractivity contribution in [3.8, 4) is 17.3 Å². The quantitative estimate of drug-likeness (QED) is 0.332. The lowest BCUT2D eigenvalue weighted by molar-refractivity contribution is 0.0986. The molecule has 0 radical (unpaired) electrons. The Morgan fingerprint density at radius 3 is 2.81 bits per heavy atom. The minimum absolute atomic E-state index is 0.147. The van der Waals surface area contributed by atoms with Crippen LogP contribution in [0, 0.1) is 17.1 Å².